The van der Waals surface area contributed by atoms with Gasteiger partial charge < -0.3 is 4.90 Å². The molecule has 0 saturated carbocycles. The van der Waals surface area contributed by atoms with E-state index in [0.717, 1.165) is 18.7 Å². The molecule has 0 fully saturated rings. The van der Waals surface area contributed by atoms with Gasteiger partial charge in [-0.25, -0.2) is 0 Å². The summed E-state index contributed by atoms with van der Waals surface area (Å²) in [6.07, 6.45) is 0. The molecular weight excluding hydrogens is 218 g/mol. The Morgan fingerprint density at radius 2 is 1.67 bits per heavy atom. The van der Waals surface area contributed by atoms with Gasteiger partial charge in [0.15, 0.2) is 0 Å². The Morgan fingerprint density at radius 1 is 1.25 bits per heavy atom. The van der Waals surface area contributed by atoms with E-state index >= 15 is 0 Å². The quantitative estimate of drug-likeness (QED) is 0.687. The van der Waals surface area contributed by atoms with Gasteiger partial charge in [-0.2, -0.15) is 0 Å². The molecule has 70 valence electrons. The SMILES string of the molecule is CCN(CC)C(=O)C(Br)=C(C)C. The van der Waals surface area contributed by atoms with Gasteiger partial charge in [-0.15, -0.1) is 0 Å². The second-order valence-electron chi connectivity index (χ2n) is 2.79. The highest BCUT2D eigenvalue weighted by Crippen LogP contribution is 2.14. The Labute approximate surface area is 82.8 Å². The third kappa shape index (κ3) is 2.97. The summed E-state index contributed by atoms with van der Waals surface area (Å²) in [5, 5.41) is 0. The van der Waals surface area contributed by atoms with Crippen molar-refractivity contribution in [2.24, 2.45) is 0 Å². The van der Waals surface area contributed by atoms with Crippen molar-refractivity contribution in [1.82, 2.24) is 4.90 Å². The van der Waals surface area contributed by atoms with Crippen LogP contribution in [0.15, 0.2) is 10.1 Å². The predicted molar refractivity (Wildman–Crippen MR) is 55.2 cm³/mol. The van der Waals surface area contributed by atoms with Crippen LogP contribution >= 0.6 is 15.9 Å². The van der Waals surface area contributed by atoms with Crippen molar-refractivity contribution < 1.29 is 4.79 Å². The van der Waals surface area contributed by atoms with E-state index in [4.69, 9.17) is 0 Å². The number of likely N-dealkylation sites (N-methyl/N-ethyl adjacent to an activating group) is 1. The van der Waals surface area contributed by atoms with E-state index in [1.165, 1.54) is 0 Å². The Bertz CT molecular complexity index is 191. The van der Waals surface area contributed by atoms with E-state index in [1.807, 2.05) is 27.7 Å². The Hall–Kier alpha value is -0.310. The standard InChI is InChI=1S/C9H16BrNO/c1-5-11(6-2)9(12)8(10)7(3)4/h5-6H2,1-4H3. The van der Waals surface area contributed by atoms with Gasteiger partial charge in [0.2, 0.25) is 0 Å². The molecule has 0 bridgehead atoms. The molecule has 1 amide bonds. The van der Waals surface area contributed by atoms with Gasteiger partial charge in [0.05, 0.1) is 4.48 Å². The van der Waals surface area contributed by atoms with Crippen molar-refractivity contribution in [2.45, 2.75) is 27.7 Å². The van der Waals surface area contributed by atoms with Gasteiger partial charge in [0, 0.05) is 13.1 Å². The van der Waals surface area contributed by atoms with E-state index in [1.54, 1.807) is 4.90 Å². The molecular formula is C9H16BrNO. The van der Waals surface area contributed by atoms with Crippen molar-refractivity contribution in [3.8, 4) is 0 Å². The maximum atomic E-state index is 11.6. The zero-order valence-electron chi connectivity index (χ0n) is 8.15. The van der Waals surface area contributed by atoms with E-state index in [0.29, 0.717) is 4.48 Å². The first-order chi connectivity index (χ1) is 5.54. The molecule has 0 rings (SSSR count). The molecule has 0 aromatic carbocycles. The van der Waals surface area contributed by atoms with Crippen LogP contribution < -0.4 is 0 Å². The lowest BCUT2D eigenvalue weighted by molar-refractivity contribution is -0.125. The number of rotatable bonds is 3. The predicted octanol–water partition coefficient (Wildman–Crippen LogP) is 2.54. The lowest BCUT2D eigenvalue weighted by atomic mass is 10.3. The van der Waals surface area contributed by atoms with Gasteiger partial charge in [-0.05, 0) is 43.6 Å². The van der Waals surface area contributed by atoms with Crippen LogP contribution in [-0.2, 0) is 4.79 Å². The highest BCUT2D eigenvalue weighted by atomic mass is 79.9. The molecule has 0 N–H and O–H groups in total. The molecule has 12 heavy (non-hydrogen) atoms. The zero-order chi connectivity index (χ0) is 9.72. The number of amides is 1. The highest BCUT2D eigenvalue weighted by molar-refractivity contribution is 9.12. The summed E-state index contributed by atoms with van der Waals surface area (Å²) in [5.74, 6) is 0.0833. The fourth-order valence-electron chi connectivity index (χ4n) is 0.864. The normalized spacial score (nSPS) is 9.42. The minimum atomic E-state index is 0.0833. The highest BCUT2D eigenvalue weighted by Gasteiger charge is 2.13. The molecule has 0 aromatic heterocycles. The number of hydrogen-bond donors (Lipinski definition) is 0. The first kappa shape index (κ1) is 11.7. The summed E-state index contributed by atoms with van der Waals surface area (Å²) in [6.45, 7) is 9.33. The van der Waals surface area contributed by atoms with Crippen molar-refractivity contribution in [1.29, 1.82) is 0 Å². The first-order valence-electron chi connectivity index (χ1n) is 4.16. The van der Waals surface area contributed by atoms with E-state index in [2.05, 4.69) is 15.9 Å². The summed E-state index contributed by atoms with van der Waals surface area (Å²) in [4.78, 5) is 13.4. The maximum Gasteiger partial charge on any atom is 0.260 e. The van der Waals surface area contributed by atoms with Crippen LogP contribution in [0.2, 0.25) is 0 Å². The minimum absolute atomic E-state index is 0.0833. The Kier molecular flexibility index (Phi) is 5.22. The lowest BCUT2D eigenvalue weighted by Crippen LogP contribution is -2.30. The molecule has 0 aliphatic heterocycles. The summed E-state index contributed by atoms with van der Waals surface area (Å²) < 4.78 is 0.686. The lowest BCUT2D eigenvalue weighted by Gasteiger charge is -2.18. The Balaban J connectivity index is 4.48. The number of carbonyl (C=O) groups excluding carboxylic acids is 1. The topological polar surface area (TPSA) is 20.3 Å². The van der Waals surface area contributed by atoms with E-state index < -0.39 is 0 Å². The molecule has 0 atom stereocenters. The summed E-state index contributed by atoms with van der Waals surface area (Å²) in [6, 6.07) is 0. The smallest absolute Gasteiger partial charge is 0.260 e. The second kappa shape index (κ2) is 5.36. The molecule has 0 aliphatic carbocycles. The zero-order valence-corrected chi connectivity index (χ0v) is 9.73. The fourth-order valence-corrected chi connectivity index (χ4v) is 1.11. The number of hydrogen-bond acceptors (Lipinski definition) is 1. The van der Waals surface area contributed by atoms with Crippen LogP contribution in [0.25, 0.3) is 0 Å². The largest absolute Gasteiger partial charge is 0.339 e. The van der Waals surface area contributed by atoms with Crippen LogP contribution in [0, 0.1) is 0 Å². The van der Waals surface area contributed by atoms with Gasteiger partial charge in [0.1, 0.15) is 0 Å². The van der Waals surface area contributed by atoms with Gasteiger partial charge in [-0.1, -0.05) is 5.57 Å². The molecule has 0 heterocycles. The third-order valence-electron chi connectivity index (χ3n) is 1.68. The maximum absolute atomic E-state index is 11.6. The average molecular weight is 234 g/mol. The minimum Gasteiger partial charge on any atom is -0.339 e. The van der Waals surface area contributed by atoms with Crippen LogP contribution in [-0.4, -0.2) is 23.9 Å². The number of carbonyl (C=O) groups is 1. The van der Waals surface area contributed by atoms with Crippen LogP contribution in [0.3, 0.4) is 0 Å². The number of halogens is 1. The third-order valence-corrected chi connectivity index (χ3v) is 2.81. The molecule has 3 heteroatoms. The monoisotopic (exact) mass is 233 g/mol. The van der Waals surface area contributed by atoms with Crippen molar-refractivity contribution in [3.63, 3.8) is 0 Å². The van der Waals surface area contributed by atoms with Crippen molar-refractivity contribution in [3.05, 3.63) is 10.1 Å². The molecule has 0 aliphatic rings. The summed E-state index contributed by atoms with van der Waals surface area (Å²) in [7, 11) is 0. The van der Waals surface area contributed by atoms with Crippen molar-refractivity contribution >= 4 is 21.8 Å². The van der Waals surface area contributed by atoms with Gasteiger partial charge in [0.25, 0.3) is 5.91 Å². The van der Waals surface area contributed by atoms with E-state index in [9.17, 15) is 4.79 Å². The fraction of sp³-hybridized carbons (Fsp3) is 0.667. The van der Waals surface area contributed by atoms with Gasteiger partial charge >= 0.3 is 0 Å². The molecule has 0 spiro atoms. The van der Waals surface area contributed by atoms with Crippen molar-refractivity contribution in [2.75, 3.05) is 13.1 Å². The summed E-state index contributed by atoms with van der Waals surface area (Å²) in [5.41, 5.74) is 1.02. The van der Waals surface area contributed by atoms with Crippen LogP contribution in [0.4, 0.5) is 0 Å². The van der Waals surface area contributed by atoms with Crippen LogP contribution in [0.5, 0.6) is 0 Å². The molecule has 0 aromatic rings. The molecule has 2 nitrogen and oxygen atoms in total. The molecule has 0 saturated heterocycles. The summed E-state index contributed by atoms with van der Waals surface area (Å²) >= 11 is 3.28. The molecule has 0 radical (unpaired) electrons. The second-order valence-corrected chi connectivity index (χ2v) is 3.58. The number of nitrogens with zero attached hydrogens (tertiary/aromatic N) is 1. The Morgan fingerprint density at radius 3 is 1.92 bits per heavy atom. The molecule has 0 unspecified atom stereocenters. The number of allylic oxidation sites excluding steroid dienone is 1. The average Bonchev–Trinajstić information content (AvgIpc) is 2.05. The van der Waals surface area contributed by atoms with Gasteiger partial charge in [-0.3, -0.25) is 4.79 Å². The first-order valence-corrected chi connectivity index (χ1v) is 4.96. The van der Waals surface area contributed by atoms with Crippen LogP contribution in [0.1, 0.15) is 27.7 Å². The van der Waals surface area contributed by atoms with E-state index in [-0.39, 0.29) is 5.91 Å².